The van der Waals surface area contributed by atoms with Crippen molar-refractivity contribution in [2.24, 2.45) is 0 Å². The number of carbonyl (C=O) groups excluding carboxylic acids is 1. The van der Waals surface area contributed by atoms with Crippen LogP contribution in [-0.2, 0) is 9.53 Å². The summed E-state index contributed by atoms with van der Waals surface area (Å²) in [6.07, 6.45) is 0.000930. The van der Waals surface area contributed by atoms with Crippen molar-refractivity contribution in [1.82, 2.24) is 0 Å². The van der Waals surface area contributed by atoms with E-state index in [4.69, 9.17) is 21.1 Å². The van der Waals surface area contributed by atoms with Crippen molar-refractivity contribution in [2.45, 2.75) is 32.8 Å². The largest absolute Gasteiger partial charge is 0.486 e. The number of hydrogen-bond donors (Lipinski definition) is 0. The Hall–Kier alpha value is -1.82. The molecular weight excluding hydrogens is 286 g/mol. The molecule has 0 bridgehead atoms. The third-order valence-electron chi connectivity index (χ3n) is 2.10. The number of hydrogen-bond acceptors (Lipinski definition) is 5. The molecule has 0 saturated carbocycles. The van der Waals surface area contributed by atoms with Crippen molar-refractivity contribution >= 4 is 23.3 Å². The average Bonchev–Trinajstić information content (AvgIpc) is 2.26. The van der Waals surface area contributed by atoms with Crippen molar-refractivity contribution in [3.05, 3.63) is 33.3 Å². The van der Waals surface area contributed by atoms with Crippen LogP contribution in [0.15, 0.2) is 18.2 Å². The zero-order valence-corrected chi connectivity index (χ0v) is 12.3. The molecule has 0 N–H and O–H groups in total. The van der Waals surface area contributed by atoms with E-state index in [9.17, 15) is 14.9 Å². The zero-order chi connectivity index (χ0) is 15.3. The van der Waals surface area contributed by atoms with Crippen molar-refractivity contribution in [1.29, 1.82) is 0 Å². The number of rotatable bonds is 5. The molecule has 6 nitrogen and oxygen atoms in total. The Morgan fingerprint density at radius 1 is 1.40 bits per heavy atom. The van der Waals surface area contributed by atoms with Crippen molar-refractivity contribution in [3.63, 3.8) is 0 Å². The van der Waals surface area contributed by atoms with Gasteiger partial charge in [0.2, 0.25) is 0 Å². The lowest BCUT2D eigenvalue weighted by Crippen LogP contribution is -2.24. The molecule has 0 saturated heterocycles. The van der Waals surface area contributed by atoms with Gasteiger partial charge in [-0.05, 0) is 26.8 Å². The molecule has 7 heteroatoms. The summed E-state index contributed by atoms with van der Waals surface area (Å²) in [6, 6.07) is 4.00. The number of nitrogens with zero attached hydrogens (tertiary/aromatic N) is 1. The highest BCUT2D eigenvalue weighted by Crippen LogP contribution is 2.29. The number of nitro benzene ring substituents is 1. The van der Waals surface area contributed by atoms with Gasteiger partial charge in [-0.3, -0.25) is 14.9 Å². The molecule has 0 atom stereocenters. The summed E-state index contributed by atoms with van der Waals surface area (Å²) in [6.45, 7) is 5.25. The fraction of sp³-hybridized carbons (Fsp3) is 0.462. The lowest BCUT2D eigenvalue weighted by molar-refractivity contribution is -0.385. The lowest BCUT2D eigenvalue weighted by atomic mass is 10.2. The van der Waals surface area contributed by atoms with Crippen LogP contribution in [0.25, 0.3) is 0 Å². The first-order chi connectivity index (χ1) is 9.19. The van der Waals surface area contributed by atoms with Gasteiger partial charge in [-0.25, -0.2) is 0 Å². The molecule has 110 valence electrons. The normalized spacial score (nSPS) is 11.0. The fourth-order valence-corrected chi connectivity index (χ4v) is 1.55. The van der Waals surface area contributed by atoms with Crippen molar-refractivity contribution in [3.8, 4) is 5.75 Å². The van der Waals surface area contributed by atoms with Crippen LogP contribution in [-0.4, -0.2) is 23.1 Å². The molecule has 20 heavy (non-hydrogen) atoms. The van der Waals surface area contributed by atoms with E-state index >= 15 is 0 Å². The van der Waals surface area contributed by atoms with Crippen molar-refractivity contribution < 1.29 is 19.2 Å². The number of benzene rings is 1. The number of esters is 1. The zero-order valence-electron chi connectivity index (χ0n) is 11.5. The predicted octanol–water partition coefficient (Wildman–Crippen LogP) is 3.36. The summed E-state index contributed by atoms with van der Waals surface area (Å²) in [5.41, 5.74) is -0.766. The average molecular weight is 302 g/mol. The molecule has 1 aromatic carbocycles. The molecule has 0 aliphatic rings. The molecule has 0 aromatic heterocycles. The molecule has 0 unspecified atom stereocenters. The monoisotopic (exact) mass is 301 g/mol. The maximum atomic E-state index is 11.5. The number of ether oxygens (including phenoxy) is 2. The number of carbonyl (C=O) groups is 1. The molecule has 1 aromatic rings. The first kappa shape index (κ1) is 16.2. The quantitative estimate of drug-likeness (QED) is 0.473. The molecule has 0 aliphatic carbocycles. The van der Waals surface area contributed by atoms with Gasteiger partial charge in [0.15, 0.2) is 5.75 Å². The number of nitro groups is 1. The molecule has 0 heterocycles. The van der Waals surface area contributed by atoms with E-state index in [1.807, 2.05) is 0 Å². The van der Waals surface area contributed by atoms with Crippen LogP contribution < -0.4 is 4.74 Å². The fourth-order valence-electron chi connectivity index (χ4n) is 1.39. The first-order valence-electron chi connectivity index (χ1n) is 5.97. The Morgan fingerprint density at radius 2 is 2.05 bits per heavy atom. The molecule has 0 fully saturated rings. The minimum atomic E-state index is -0.570. The second-order valence-corrected chi connectivity index (χ2v) is 5.49. The van der Waals surface area contributed by atoms with Gasteiger partial charge in [0.1, 0.15) is 5.60 Å². The van der Waals surface area contributed by atoms with E-state index < -0.39 is 16.5 Å². The smallest absolute Gasteiger partial charge is 0.311 e. The lowest BCUT2D eigenvalue weighted by Gasteiger charge is -2.19. The third-order valence-corrected chi connectivity index (χ3v) is 2.34. The van der Waals surface area contributed by atoms with E-state index in [0.29, 0.717) is 5.02 Å². The summed E-state index contributed by atoms with van der Waals surface area (Å²) in [5.74, 6) is -0.395. The highest BCUT2D eigenvalue weighted by Gasteiger charge is 2.18. The summed E-state index contributed by atoms with van der Waals surface area (Å²) in [7, 11) is 0. The Morgan fingerprint density at radius 3 is 2.60 bits per heavy atom. The molecule has 0 spiro atoms. The Kier molecular flexibility index (Phi) is 5.33. The second kappa shape index (κ2) is 6.56. The molecule has 0 amide bonds. The minimum absolute atomic E-state index is 0.000930. The van der Waals surface area contributed by atoms with E-state index in [1.165, 1.54) is 18.2 Å². The highest BCUT2D eigenvalue weighted by atomic mass is 35.5. The summed E-state index contributed by atoms with van der Waals surface area (Å²) >= 11 is 5.76. The van der Waals surface area contributed by atoms with E-state index in [0.717, 1.165) is 0 Å². The van der Waals surface area contributed by atoms with Gasteiger partial charge in [0, 0.05) is 17.2 Å². The first-order valence-corrected chi connectivity index (χ1v) is 6.35. The molecule has 0 radical (unpaired) electrons. The van der Waals surface area contributed by atoms with Crippen LogP contribution >= 0.6 is 11.6 Å². The predicted molar refractivity (Wildman–Crippen MR) is 74.1 cm³/mol. The summed E-state index contributed by atoms with van der Waals surface area (Å²) in [5, 5.41) is 11.1. The minimum Gasteiger partial charge on any atom is -0.486 e. The maximum absolute atomic E-state index is 11.5. The topological polar surface area (TPSA) is 78.7 Å². The van der Waals surface area contributed by atoms with Gasteiger partial charge in [-0.1, -0.05) is 11.6 Å². The van der Waals surface area contributed by atoms with E-state index in [2.05, 4.69) is 0 Å². The van der Waals surface area contributed by atoms with Gasteiger partial charge in [-0.15, -0.1) is 0 Å². The van der Waals surface area contributed by atoms with Gasteiger partial charge in [-0.2, -0.15) is 0 Å². The second-order valence-electron chi connectivity index (χ2n) is 5.05. The van der Waals surface area contributed by atoms with Gasteiger partial charge in [0.05, 0.1) is 18.0 Å². The van der Waals surface area contributed by atoms with E-state index in [-0.39, 0.29) is 24.5 Å². The Labute approximate surface area is 121 Å². The van der Waals surface area contributed by atoms with Crippen LogP contribution in [0.1, 0.15) is 27.2 Å². The highest BCUT2D eigenvalue weighted by molar-refractivity contribution is 6.30. The van der Waals surface area contributed by atoms with E-state index in [1.54, 1.807) is 20.8 Å². The summed E-state index contributed by atoms with van der Waals surface area (Å²) in [4.78, 5) is 21.7. The van der Waals surface area contributed by atoms with Crippen LogP contribution in [0.2, 0.25) is 5.02 Å². The maximum Gasteiger partial charge on any atom is 0.311 e. The van der Waals surface area contributed by atoms with Crippen LogP contribution in [0.5, 0.6) is 5.75 Å². The Bertz CT molecular complexity index is 510. The van der Waals surface area contributed by atoms with Gasteiger partial charge in [0.25, 0.3) is 0 Å². The molecule has 0 aliphatic heterocycles. The van der Waals surface area contributed by atoms with Crippen LogP contribution in [0.4, 0.5) is 5.69 Å². The number of halogens is 1. The van der Waals surface area contributed by atoms with Crippen LogP contribution in [0, 0.1) is 10.1 Å². The SMILES string of the molecule is CC(C)(C)OC(=O)CCOc1cc(Cl)ccc1[N+](=O)[O-]. The Balaban J connectivity index is 2.60. The summed E-state index contributed by atoms with van der Waals surface area (Å²) < 4.78 is 10.3. The van der Waals surface area contributed by atoms with Crippen molar-refractivity contribution in [2.75, 3.05) is 6.61 Å². The molecule has 1 rings (SSSR count). The third kappa shape index (κ3) is 5.44. The molecular formula is C13H16ClNO5. The standard InChI is InChI=1S/C13H16ClNO5/c1-13(2,3)20-12(16)6-7-19-11-8-9(14)4-5-10(11)15(17)18/h4-5,8H,6-7H2,1-3H3. The van der Waals surface area contributed by atoms with Crippen LogP contribution in [0.3, 0.4) is 0 Å². The van der Waals surface area contributed by atoms with Gasteiger partial charge < -0.3 is 9.47 Å². The van der Waals surface area contributed by atoms with Gasteiger partial charge >= 0.3 is 11.7 Å².